The van der Waals surface area contributed by atoms with Gasteiger partial charge in [-0.05, 0) is 58.7 Å². The molecule has 0 saturated carbocycles. The third-order valence-electron chi connectivity index (χ3n) is 11.7. The van der Waals surface area contributed by atoms with Gasteiger partial charge in [0, 0.05) is 11.8 Å². The summed E-state index contributed by atoms with van der Waals surface area (Å²) >= 11 is 0. The van der Waals surface area contributed by atoms with Crippen molar-refractivity contribution in [3.63, 3.8) is 0 Å². The number of rotatable bonds is 9. The zero-order chi connectivity index (χ0) is 44.6. The number of aromatic carboxylic acids is 2. The Kier molecular flexibility index (Phi) is 11.0. The van der Waals surface area contributed by atoms with Crippen LogP contribution in [0.5, 0.6) is 23.0 Å². The highest BCUT2D eigenvalue weighted by Gasteiger charge is 2.50. The topological polar surface area (TPSA) is 348 Å². The first-order chi connectivity index (χ1) is 29.5. The monoisotopic (exact) mass is 862 g/mol. The maximum atomic E-state index is 14.7. The summed E-state index contributed by atoms with van der Waals surface area (Å²) in [5.41, 5.74) is -2.87. The van der Waals surface area contributed by atoms with Crippen LogP contribution in [0, 0.1) is 0 Å². The van der Waals surface area contributed by atoms with Crippen LogP contribution in [-0.4, -0.2) is 159 Å². The number of ether oxygens (including phenoxy) is 4. The first-order valence-corrected chi connectivity index (χ1v) is 19.0. The van der Waals surface area contributed by atoms with Crippen molar-refractivity contribution in [2.24, 2.45) is 0 Å². The summed E-state index contributed by atoms with van der Waals surface area (Å²) in [6, 6.07) is 11.9. The number of carbonyl (C=O) groups excluding carboxylic acids is 2. The van der Waals surface area contributed by atoms with Crippen molar-refractivity contribution < 1.29 is 99.4 Å². The van der Waals surface area contributed by atoms with Gasteiger partial charge in [-0.3, -0.25) is 9.59 Å². The number of benzene rings is 4. The summed E-state index contributed by atoms with van der Waals surface area (Å²) in [6.45, 7) is -1.64. The van der Waals surface area contributed by atoms with Crippen LogP contribution in [0.15, 0.2) is 60.7 Å². The number of aromatic hydroxyl groups is 2. The smallest absolute Gasteiger partial charge is 0.335 e. The molecule has 12 atom stereocenters. The molecule has 2 heterocycles. The van der Waals surface area contributed by atoms with E-state index >= 15 is 0 Å². The van der Waals surface area contributed by atoms with Gasteiger partial charge in [-0.2, -0.15) is 0 Å². The summed E-state index contributed by atoms with van der Waals surface area (Å²) in [7, 11) is 0. The summed E-state index contributed by atoms with van der Waals surface area (Å²) < 4.78 is 23.0. The molecule has 12 N–H and O–H groups in total. The zero-order valence-corrected chi connectivity index (χ0v) is 31.7. The van der Waals surface area contributed by atoms with Crippen LogP contribution in [0.25, 0.3) is 0 Å². The number of fused-ring (bicyclic) bond motifs is 4. The lowest BCUT2D eigenvalue weighted by Crippen LogP contribution is -2.60. The minimum atomic E-state index is -1.94. The Morgan fingerprint density at radius 2 is 0.887 bits per heavy atom. The van der Waals surface area contributed by atoms with E-state index in [0.717, 1.165) is 24.3 Å². The second kappa shape index (κ2) is 16.0. The largest absolute Gasteiger partial charge is 0.507 e. The number of carboxylic acid groups (broad SMARTS) is 2. The Labute approximate surface area is 348 Å². The van der Waals surface area contributed by atoms with Gasteiger partial charge in [-0.25, -0.2) is 9.59 Å². The van der Waals surface area contributed by atoms with Gasteiger partial charge in [-0.1, -0.05) is 24.3 Å². The summed E-state index contributed by atoms with van der Waals surface area (Å²) in [6.07, 6.45) is -17.7. The lowest BCUT2D eigenvalue weighted by Gasteiger charge is -2.41. The minimum absolute atomic E-state index is 0.00301. The van der Waals surface area contributed by atoms with E-state index in [1.54, 1.807) is 0 Å². The Morgan fingerprint density at radius 1 is 0.516 bits per heavy atom. The third kappa shape index (κ3) is 6.73. The van der Waals surface area contributed by atoms with Crippen molar-refractivity contribution in [3.05, 3.63) is 116 Å². The Hall–Kier alpha value is -6.04. The zero-order valence-electron chi connectivity index (χ0n) is 31.7. The quantitative estimate of drug-likeness (QED) is 0.0950. The van der Waals surface area contributed by atoms with Crippen molar-refractivity contribution in [1.29, 1.82) is 0 Å². The number of aliphatic hydroxyl groups excluding tert-OH is 8. The maximum absolute atomic E-state index is 14.7. The molecule has 2 saturated heterocycles. The molecular weight excluding hydrogens is 824 g/mol. The second-order valence-electron chi connectivity index (χ2n) is 15.2. The number of carbonyl (C=O) groups is 4. The van der Waals surface area contributed by atoms with Crippen LogP contribution in [0.1, 0.15) is 86.6 Å². The fourth-order valence-corrected chi connectivity index (χ4v) is 8.71. The number of hydrogen-bond acceptors (Lipinski definition) is 18. The van der Waals surface area contributed by atoms with E-state index in [4.69, 9.17) is 18.9 Å². The molecule has 4 aliphatic rings. The highest BCUT2D eigenvalue weighted by atomic mass is 16.7. The van der Waals surface area contributed by atoms with Gasteiger partial charge in [0.05, 0.1) is 46.6 Å². The molecule has 2 aliphatic heterocycles. The molecule has 0 bridgehead atoms. The molecular formula is C42H38O20. The number of phenols is 2. The van der Waals surface area contributed by atoms with E-state index in [1.165, 1.54) is 36.4 Å². The molecule has 4 aromatic carbocycles. The maximum Gasteiger partial charge on any atom is 0.335 e. The van der Waals surface area contributed by atoms with Crippen LogP contribution >= 0.6 is 0 Å². The fourth-order valence-electron chi connectivity index (χ4n) is 8.71. The van der Waals surface area contributed by atoms with Gasteiger partial charge in [-0.15, -0.1) is 0 Å². The van der Waals surface area contributed by atoms with Crippen molar-refractivity contribution >= 4 is 23.5 Å². The van der Waals surface area contributed by atoms with E-state index in [2.05, 4.69) is 0 Å². The minimum Gasteiger partial charge on any atom is -0.507 e. The Morgan fingerprint density at radius 3 is 1.23 bits per heavy atom. The SMILES string of the molecule is O=C(O)c1cc(O)c2c(c1)[C@@H]([C@@H]1c3cc(C(=O)O)cc(O)c3C(=O)c3c(O[C@@H]4O[C@H](CO)[C@H](O)[C@H](O)[C@H]4O)cccc31)c1cccc(O[C@@H]3O[C@@H](CO)[C@@H](O)[C@H](O)[C@@H]3O)c1C2=O. The number of ketones is 2. The second-order valence-corrected chi connectivity index (χ2v) is 15.2. The number of hydrogen-bond donors (Lipinski definition) is 12. The van der Waals surface area contributed by atoms with Crippen LogP contribution < -0.4 is 9.47 Å². The van der Waals surface area contributed by atoms with Crippen LogP contribution in [0.2, 0.25) is 0 Å². The van der Waals surface area contributed by atoms with Crippen molar-refractivity contribution in [2.45, 2.75) is 73.2 Å². The summed E-state index contributed by atoms with van der Waals surface area (Å²) in [4.78, 5) is 54.2. The molecule has 0 radical (unpaired) electrons. The highest BCUT2D eigenvalue weighted by molar-refractivity contribution is 6.18. The van der Waals surface area contributed by atoms with Gasteiger partial charge < -0.3 is 80.2 Å². The molecule has 20 nitrogen and oxygen atoms in total. The molecule has 62 heavy (non-hydrogen) atoms. The van der Waals surface area contributed by atoms with Gasteiger partial charge in [0.2, 0.25) is 24.1 Å². The lowest BCUT2D eigenvalue weighted by atomic mass is 9.63. The molecule has 0 aromatic heterocycles. The highest BCUT2D eigenvalue weighted by Crippen LogP contribution is 2.56. The average Bonchev–Trinajstić information content (AvgIpc) is 3.24. The predicted octanol–water partition coefficient (Wildman–Crippen LogP) is -1.10. The van der Waals surface area contributed by atoms with Gasteiger partial charge >= 0.3 is 11.9 Å². The molecule has 20 heteroatoms. The van der Waals surface area contributed by atoms with Crippen molar-refractivity contribution in [1.82, 2.24) is 0 Å². The molecule has 8 rings (SSSR count). The van der Waals surface area contributed by atoms with Crippen LogP contribution in [0.4, 0.5) is 0 Å². The van der Waals surface area contributed by atoms with E-state index < -0.39 is 144 Å². The van der Waals surface area contributed by atoms with Crippen LogP contribution in [0.3, 0.4) is 0 Å². The normalized spacial score (nSPS) is 30.1. The van der Waals surface area contributed by atoms with E-state index in [1.807, 2.05) is 0 Å². The van der Waals surface area contributed by atoms with E-state index in [-0.39, 0.29) is 44.9 Å². The van der Waals surface area contributed by atoms with E-state index in [9.17, 15) is 80.5 Å². The van der Waals surface area contributed by atoms with Crippen LogP contribution in [-0.2, 0) is 9.47 Å². The first-order valence-electron chi connectivity index (χ1n) is 19.0. The predicted molar refractivity (Wildman–Crippen MR) is 202 cm³/mol. The lowest BCUT2D eigenvalue weighted by molar-refractivity contribution is -0.277. The molecule has 2 fully saturated rings. The number of aliphatic hydroxyl groups is 8. The van der Waals surface area contributed by atoms with Crippen molar-refractivity contribution in [2.75, 3.05) is 13.2 Å². The molecule has 326 valence electrons. The summed E-state index contributed by atoms with van der Waals surface area (Å²) in [5, 5.41) is 126. The van der Waals surface area contributed by atoms with Gasteiger partial charge in [0.1, 0.15) is 71.8 Å². The average molecular weight is 863 g/mol. The Bertz CT molecular complexity index is 2330. The first kappa shape index (κ1) is 42.6. The van der Waals surface area contributed by atoms with Gasteiger partial charge in [0.15, 0.2) is 0 Å². The molecule has 2 aliphatic carbocycles. The summed E-state index contributed by atoms with van der Waals surface area (Å²) in [5.74, 6) is -10.1. The van der Waals surface area contributed by atoms with E-state index in [0.29, 0.717) is 0 Å². The third-order valence-corrected chi connectivity index (χ3v) is 11.7. The molecule has 0 unspecified atom stereocenters. The molecule has 0 spiro atoms. The number of carboxylic acids is 2. The number of phenolic OH excluding ortho intramolecular Hbond substituents is 2. The Balaban J connectivity index is 1.38. The molecule has 0 amide bonds. The van der Waals surface area contributed by atoms with Gasteiger partial charge in [0.25, 0.3) is 0 Å². The molecule has 4 aromatic rings. The standard InChI is InChI=1S/C42H38O20/c43-11-23-31(47)35(51)37(53)41(61-23)59-21-5-1-3-15-25(17-7-13(39(55)56)9-19(45)27(17)33(49)29(15)21)26-16-4-2-6-22(60-42-38(54)36(52)32(48)24(12-44)62-42)30(16)34(50)28-18(26)8-14(40(57)58)10-20(28)46/h1-10,23-26,31-32,35-38,41-48,51-54H,11-12H2,(H,55,56)(H,57,58)/t23-,24+,25-,26-,31+,32-,35-,36-,37-,38+,41+,42+/m0/s1. The van der Waals surface area contributed by atoms with Crippen molar-refractivity contribution in [3.8, 4) is 23.0 Å². The fraction of sp³-hybridized carbons (Fsp3) is 0.333.